The van der Waals surface area contributed by atoms with Crippen molar-refractivity contribution >= 4 is 5.82 Å². The molecule has 5 nitrogen and oxygen atoms in total. The molecule has 2 atom stereocenters. The van der Waals surface area contributed by atoms with E-state index in [1.165, 1.54) is 6.33 Å². The Bertz CT molecular complexity index is 715. The molecule has 2 heterocycles. The average molecular weight is 325 g/mol. The van der Waals surface area contributed by atoms with Gasteiger partial charge in [0.05, 0.1) is 18.2 Å². The van der Waals surface area contributed by atoms with E-state index in [0.717, 1.165) is 24.5 Å². The van der Waals surface area contributed by atoms with Crippen molar-refractivity contribution in [1.82, 2.24) is 14.9 Å². The van der Waals surface area contributed by atoms with Gasteiger partial charge in [-0.25, -0.2) is 14.4 Å². The van der Waals surface area contributed by atoms with Crippen molar-refractivity contribution < 1.29 is 4.39 Å². The first kappa shape index (κ1) is 16.3. The van der Waals surface area contributed by atoms with E-state index < -0.39 is 6.17 Å². The maximum Gasteiger partial charge on any atom is 0.132 e. The minimum atomic E-state index is -0.833. The Balaban J connectivity index is 1.66. The topological polar surface area (TPSA) is 56.1 Å². The van der Waals surface area contributed by atoms with E-state index in [1.807, 2.05) is 36.2 Å². The van der Waals surface area contributed by atoms with Crippen molar-refractivity contribution in [1.29, 1.82) is 5.26 Å². The van der Waals surface area contributed by atoms with E-state index in [-0.39, 0.29) is 6.04 Å². The van der Waals surface area contributed by atoms with Crippen LogP contribution in [0.2, 0.25) is 0 Å². The molecule has 0 bridgehead atoms. The summed E-state index contributed by atoms with van der Waals surface area (Å²) >= 11 is 0. The normalized spacial score (nSPS) is 20.3. The largest absolute Gasteiger partial charge is 0.349 e. The molecule has 1 saturated heterocycles. The van der Waals surface area contributed by atoms with Gasteiger partial charge in [0, 0.05) is 31.7 Å². The molecule has 3 rings (SSSR count). The number of anilines is 1. The first-order valence-corrected chi connectivity index (χ1v) is 8.00. The second-order valence-corrected chi connectivity index (χ2v) is 6.22. The van der Waals surface area contributed by atoms with Crippen LogP contribution in [0.5, 0.6) is 0 Å². The second-order valence-electron chi connectivity index (χ2n) is 6.22. The number of nitrogens with zero attached hydrogens (tertiary/aromatic N) is 5. The number of rotatable bonds is 5. The summed E-state index contributed by atoms with van der Waals surface area (Å²) in [6.07, 6.45) is 2.85. The van der Waals surface area contributed by atoms with Crippen molar-refractivity contribution in [2.24, 2.45) is 0 Å². The molecule has 1 aliphatic rings. The number of hydrogen-bond donors (Lipinski definition) is 0. The van der Waals surface area contributed by atoms with Crippen LogP contribution in [-0.4, -0.2) is 47.2 Å². The summed E-state index contributed by atoms with van der Waals surface area (Å²) in [7, 11) is 2.02. The van der Waals surface area contributed by atoms with Gasteiger partial charge in [0.25, 0.3) is 0 Å². The first-order valence-electron chi connectivity index (χ1n) is 8.00. The minimum Gasteiger partial charge on any atom is -0.349 e. The van der Waals surface area contributed by atoms with Crippen molar-refractivity contribution in [3.63, 3.8) is 0 Å². The van der Waals surface area contributed by atoms with Crippen molar-refractivity contribution in [3.05, 3.63) is 54.0 Å². The average Bonchev–Trinajstić information content (AvgIpc) is 2.96. The van der Waals surface area contributed by atoms with Crippen LogP contribution in [0.15, 0.2) is 42.9 Å². The van der Waals surface area contributed by atoms with Crippen LogP contribution in [0.1, 0.15) is 17.5 Å². The predicted molar refractivity (Wildman–Crippen MR) is 90.2 cm³/mol. The SMILES string of the molecule is CN(Cc1cccc(C#N)c1)C[C@@H]1C[C@H](F)CN1c1ccncn1. The Morgan fingerprint density at radius 3 is 3.04 bits per heavy atom. The van der Waals surface area contributed by atoms with Crippen LogP contribution in [0, 0.1) is 11.3 Å². The van der Waals surface area contributed by atoms with Gasteiger partial charge in [0.2, 0.25) is 0 Å². The molecular formula is C18H20FN5. The molecule has 0 amide bonds. The van der Waals surface area contributed by atoms with Crippen LogP contribution in [0.3, 0.4) is 0 Å². The van der Waals surface area contributed by atoms with Crippen molar-refractivity contribution in [3.8, 4) is 6.07 Å². The van der Waals surface area contributed by atoms with Gasteiger partial charge >= 0.3 is 0 Å². The summed E-state index contributed by atoms with van der Waals surface area (Å²) in [5.41, 5.74) is 1.74. The monoisotopic (exact) mass is 325 g/mol. The van der Waals surface area contributed by atoms with Crippen LogP contribution >= 0.6 is 0 Å². The fraction of sp³-hybridized carbons (Fsp3) is 0.389. The Hall–Kier alpha value is -2.52. The van der Waals surface area contributed by atoms with Gasteiger partial charge < -0.3 is 9.80 Å². The molecule has 0 aliphatic carbocycles. The van der Waals surface area contributed by atoms with Crippen LogP contribution in [-0.2, 0) is 6.54 Å². The van der Waals surface area contributed by atoms with E-state index in [1.54, 1.807) is 12.3 Å². The molecule has 0 saturated carbocycles. The number of likely N-dealkylation sites (N-methyl/N-ethyl adjacent to an activating group) is 1. The lowest BCUT2D eigenvalue weighted by molar-refractivity contribution is 0.289. The molecule has 0 unspecified atom stereocenters. The highest BCUT2D eigenvalue weighted by Crippen LogP contribution is 2.26. The van der Waals surface area contributed by atoms with E-state index in [4.69, 9.17) is 5.26 Å². The quantitative estimate of drug-likeness (QED) is 0.845. The van der Waals surface area contributed by atoms with Crippen LogP contribution in [0.4, 0.5) is 10.2 Å². The molecule has 1 fully saturated rings. The third-order valence-electron chi connectivity index (χ3n) is 4.26. The summed E-state index contributed by atoms with van der Waals surface area (Å²) in [6, 6.07) is 11.6. The fourth-order valence-corrected chi connectivity index (χ4v) is 3.24. The molecular weight excluding hydrogens is 305 g/mol. The van der Waals surface area contributed by atoms with E-state index in [0.29, 0.717) is 18.5 Å². The number of aromatic nitrogens is 2. The molecule has 0 N–H and O–H groups in total. The van der Waals surface area contributed by atoms with Gasteiger partial charge in [0.1, 0.15) is 18.3 Å². The summed E-state index contributed by atoms with van der Waals surface area (Å²) in [6.45, 7) is 1.83. The summed E-state index contributed by atoms with van der Waals surface area (Å²) in [4.78, 5) is 12.4. The number of halogens is 1. The number of benzene rings is 1. The smallest absolute Gasteiger partial charge is 0.132 e. The second kappa shape index (κ2) is 7.37. The Morgan fingerprint density at radius 1 is 1.42 bits per heavy atom. The zero-order valence-electron chi connectivity index (χ0n) is 13.6. The summed E-state index contributed by atoms with van der Waals surface area (Å²) < 4.78 is 13.9. The predicted octanol–water partition coefficient (Wildman–Crippen LogP) is 2.40. The highest BCUT2D eigenvalue weighted by Gasteiger charge is 2.33. The highest BCUT2D eigenvalue weighted by atomic mass is 19.1. The van der Waals surface area contributed by atoms with E-state index in [2.05, 4.69) is 20.9 Å². The Kier molecular flexibility index (Phi) is 5.02. The molecule has 6 heteroatoms. The maximum atomic E-state index is 13.9. The van der Waals surface area contributed by atoms with Gasteiger partial charge in [-0.2, -0.15) is 5.26 Å². The molecule has 1 aromatic heterocycles. The highest BCUT2D eigenvalue weighted by molar-refractivity contribution is 5.40. The zero-order chi connectivity index (χ0) is 16.9. The minimum absolute atomic E-state index is 0.0825. The van der Waals surface area contributed by atoms with Crippen molar-refractivity contribution in [2.45, 2.75) is 25.2 Å². The van der Waals surface area contributed by atoms with Crippen molar-refractivity contribution in [2.75, 3.05) is 25.0 Å². The zero-order valence-corrected chi connectivity index (χ0v) is 13.6. The molecule has 0 spiro atoms. The lowest BCUT2D eigenvalue weighted by Crippen LogP contribution is -2.39. The molecule has 124 valence electrons. The standard InChI is InChI=1S/C18H20FN5/c1-23(10-15-4-2-3-14(7-15)9-20)12-17-8-16(19)11-24(17)18-5-6-21-13-22-18/h2-7,13,16-17H,8,10-12H2,1H3/t16-,17-/m0/s1. The summed E-state index contributed by atoms with van der Waals surface area (Å²) in [5, 5.41) is 8.99. The number of hydrogen-bond acceptors (Lipinski definition) is 5. The van der Waals surface area contributed by atoms with Crippen LogP contribution in [0.25, 0.3) is 0 Å². The van der Waals surface area contributed by atoms with E-state index in [9.17, 15) is 4.39 Å². The third kappa shape index (κ3) is 3.87. The molecule has 0 radical (unpaired) electrons. The summed E-state index contributed by atoms with van der Waals surface area (Å²) in [5.74, 6) is 0.773. The van der Waals surface area contributed by atoms with Gasteiger partial charge in [-0.05, 0) is 30.8 Å². The Labute approximate surface area is 141 Å². The molecule has 1 aromatic carbocycles. The van der Waals surface area contributed by atoms with Gasteiger partial charge in [-0.15, -0.1) is 0 Å². The molecule has 24 heavy (non-hydrogen) atoms. The molecule has 2 aromatic rings. The first-order chi connectivity index (χ1) is 11.7. The lowest BCUT2D eigenvalue weighted by Gasteiger charge is -2.29. The van der Waals surface area contributed by atoms with Gasteiger partial charge in [-0.1, -0.05) is 12.1 Å². The Morgan fingerprint density at radius 2 is 2.29 bits per heavy atom. The van der Waals surface area contributed by atoms with Crippen LogP contribution < -0.4 is 4.90 Å². The number of alkyl halides is 1. The number of nitriles is 1. The van der Waals surface area contributed by atoms with Gasteiger partial charge in [-0.3, -0.25) is 0 Å². The molecule has 1 aliphatic heterocycles. The van der Waals surface area contributed by atoms with E-state index >= 15 is 0 Å². The lowest BCUT2D eigenvalue weighted by atomic mass is 10.1. The van der Waals surface area contributed by atoms with Gasteiger partial charge in [0.15, 0.2) is 0 Å². The fourth-order valence-electron chi connectivity index (χ4n) is 3.24. The third-order valence-corrected chi connectivity index (χ3v) is 4.26. The maximum absolute atomic E-state index is 13.9.